The van der Waals surface area contributed by atoms with Crippen molar-refractivity contribution in [2.75, 3.05) is 25.6 Å². The van der Waals surface area contributed by atoms with E-state index in [0.29, 0.717) is 22.2 Å². The highest BCUT2D eigenvalue weighted by Crippen LogP contribution is 2.28. The SMILES string of the molecule is COC(=O)c1cc(C)sc1NC(=S)NC[C@@H]1CCCO1. The molecule has 20 heavy (non-hydrogen) atoms. The van der Waals surface area contributed by atoms with Crippen LogP contribution in [0.15, 0.2) is 6.07 Å². The second-order valence-electron chi connectivity index (χ2n) is 4.56. The summed E-state index contributed by atoms with van der Waals surface area (Å²) in [5.41, 5.74) is 0.510. The van der Waals surface area contributed by atoms with E-state index < -0.39 is 0 Å². The number of nitrogens with one attached hydrogen (secondary N) is 2. The van der Waals surface area contributed by atoms with E-state index in [1.165, 1.54) is 18.4 Å². The molecule has 0 unspecified atom stereocenters. The smallest absolute Gasteiger partial charge is 0.340 e. The Morgan fingerprint density at radius 2 is 2.45 bits per heavy atom. The van der Waals surface area contributed by atoms with Crippen LogP contribution in [0.2, 0.25) is 0 Å². The van der Waals surface area contributed by atoms with Gasteiger partial charge < -0.3 is 20.1 Å². The van der Waals surface area contributed by atoms with Gasteiger partial charge in [-0.2, -0.15) is 0 Å². The Labute approximate surface area is 127 Å². The Hall–Kier alpha value is -1.18. The summed E-state index contributed by atoms with van der Waals surface area (Å²) in [4.78, 5) is 12.7. The fourth-order valence-electron chi connectivity index (χ4n) is 2.03. The van der Waals surface area contributed by atoms with Crippen LogP contribution in [0.25, 0.3) is 0 Å². The van der Waals surface area contributed by atoms with Gasteiger partial charge in [-0.1, -0.05) is 0 Å². The highest BCUT2D eigenvalue weighted by Gasteiger charge is 2.18. The number of anilines is 1. The second kappa shape index (κ2) is 7.01. The van der Waals surface area contributed by atoms with Crippen molar-refractivity contribution in [3.05, 3.63) is 16.5 Å². The summed E-state index contributed by atoms with van der Waals surface area (Å²) in [6.07, 6.45) is 2.38. The van der Waals surface area contributed by atoms with Gasteiger partial charge in [0.15, 0.2) is 5.11 Å². The van der Waals surface area contributed by atoms with Crippen molar-refractivity contribution in [2.45, 2.75) is 25.9 Å². The molecular formula is C13H18N2O3S2. The van der Waals surface area contributed by atoms with Crippen molar-refractivity contribution in [3.63, 3.8) is 0 Å². The Morgan fingerprint density at radius 3 is 3.10 bits per heavy atom. The molecule has 7 heteroatoms. The first-order chi connectivity index (χ1) is 9.60. The van der Waals surface area contributed by atoms with E-state index in [4.69, 9.17) is 21.7 Å². The minimum absolute atomic E-state index is 0.222. The molecule has 1 aliphatic rings. The zero-order valence-corrected chi connectivity index (χ0v) is 13.2. The zero-order valence-electron chi connectivity index (χ0n) is 11.5. The van der Waals surface area contributed by atoms with Crippen LogP contribution in [0.3, 0.4) is 0 Å². The summed E-state index contributed by atoms with van der Waals surface area (Å²) in [7, 11) is 1.37. The molecule has 1 fully saturated rings. The molecule has 0 aliphatic carbocycles. The summed E-state index contributed by atoms with van der Waals surface area (Å²) >= 11 is 6.71. The Bertz CT molecular complexity index is 496. The molecule has 0 saturated carbocycles. The number of esters is 1. The maximum Gasteiger partial charge on any atom is 0.340 e. The highest BCUT2D eigenvalue weighted by molar-refractivity contribution is 7.80. The Morgan fingerprint density at radius 1 is 1.65 bits per heavy atom. The lowest BCUT2D eigenvalue weighted by molar-refractivity contribution is 0.0602. The van der Waals surface area contributed by atoms with Gasteiger partial charge in [-0.25, -0.2) is 4.79 Å². The number of thiophene rings is 1. The molecule has 2 heterocycles. The third-order valence-corrected chi connectivity index (χ3v) is 4.21. The van der Waals surface area contributed by atoms with E-state index in [1.54, 1.807) is 6.07 Å². The van der Waals surface area contributed by atoms with E-state index in [1.807, 2.05) is 6.92 Å². The first kappa shape index (κ1) is 15.2. The van der Waals surface area contributed by atoms with Crippen molar-refractivity contribution in [1.29, 1.82) is 0 Å². The first-order valence-electron chi connectivity index (χ1n) is 6.45. The lowest BCUT2D eigenvalue weighted by Crippen LogP contribution is -2.34. The number of ether oxygens (including phenoxy) is 2. The summed E-state index contributed by atoms with van der Waals surface area (Å²) in [6, 6.07) is 1.79. The predicted molar refractivity (Wildman–Crippen MR) is 83.6 cm³/mol. The van der Waals surface area contributed by atoms with Crippen molar-refractivity contribution >= 4 is 39.6 Å². The van der Waals surface area contributed by atoms with Crippen LogP contribution >= 0.6 is 23.6 Å². The monoisotopic (exact) mass is 314 g/mol. The van der Waals surface area contributed by atoms with Crippen LogP contribution in [0.5, 0.6) is 0 Å². The van der Waals surface area contributed by atoms with Crippen LogP contribution in [0.4, 0.5) is 5.00 Å². The molecule has 1 aromatic heterocycles. The maximum atomic E-state index is 11.7. The van der Waals surface area contributed by atoms with Crippen molar-refractivity contribution in [2.24, 2.45) is 0 Å². The maximum absolute atomic E-state index is 11.7. The van der Waals surface area contributed by atoms with Crippen LogP contribution in [-0.2, 0) is 9.47 Å². The molecule has 1 saturated heterocycles. The number of hydrogen-bond acceptors (Lipinski definition) is 5. The molecule has 0 amide bonds. The van der Waals surface area contributed by atoms with E-state index in [9.17, 15) is 4.79 Å². The number of methoxy groups -OCH3 is 1. The minimum Gasteiger partial charge on any atom is -0.465 e. The number of hydrogen-bond donors (Lipinski definition) is 2. The van der Waals surface area contributed by atoms with E-state index in [2.05, 4.69) is 10.6 Å². The van der Waals surface area contributed by atoms with Crippen LogP contribution < -0.4 is 10.6 Å². The number of carbonyl (C=O) groups excluding carboxylic acids is 1. The van der Waals surface area contributed by atoms with Crippen LogP contribution in [0.1, 0.15) is 28.1 Å². The van der Waals surface area contributed by atoms with Gasteiger partial charge in [0.05, 0.1) is 18.8 Å². The molecule has 2 rings (SSSR count). The van der Waals surface area contributed by atoms with Gasteiger partial charge in [0.2, 0.25) is 0 Å². The van der Waals surface area contributed by atoms with Crippen molar-refractivity contribution in [1.82, 2.24) is 5.32 Å². The molecular weight excluding hydrogens is 296 g/mol. The molecule has 1 aromatic rings. The van der Waals surface area contributed by atoms with Gasteiger partial charge in [-0.05, 0) is 38.0 Å². The minimum atomic E-state index is -0.362. The average Bonchev–Trinajstić information content (AvgIpc) is 3.05. The third kappa shape index (κ3) is 3.91. The molecule has 0 spiro atoms. The molecule has 0 radical (unpaired) electrons. The largest absolute Gasteiger partial charge is 0.465 e. The van der Waals surface area contributed by atoms with E-state index in [0.717, 1.165) is 24.3 Å². The summed E-state index contributed by atoms with van der Waals surface area (Å²) in [5, 5.41) is 7.37. The average molecular weight is 314 g/mol. The number of thiocarbonyl (C=S) groups is 1. The van der Waals surface area contributed by atoms with Gasteiger partial charge >= 0.3 is 5.97 Å². The molecule has 1 aliphatic heterocycles. The van der Waals surface area contributed by atoms with Crippen molar-refractivity contribution < 1.29 is 14.3 Å². The molecule has 2 N–H and O–H groups in total. The Balaban J connectivity index is 1.91. The predicted octanol–water partition coefficient (Wildman–Crippen LogP) is 2.31. The summed E-state index contributed by atoms with van der Waals surface area (Å²) in [6.45, 7) is 3.44. The second-order valence-corrected chi connectivity index (χ2v) is 6.23. The van der Waals surface area contributed by atoms with Gasteiger partial charge in [-0.15, -0.1) is 11.3 Å². The molecule has 110 valence electrons. The van der Waals surface area contributed by atoms with Gasteiger partial charge in [0, 0.05) is 18.0 Å². The summed E-state index contributed by atoms with van der Waals surface area (Å²) in [5.74, 6) is -0.362. The molecule has 5 nitrogen and oxygen atoms in total. The zero-order chi connectivity index (χ0) is 14.5. The number of aryl methyl sites for hydroxylation is 1. The van der Waals surface area contributed by atoms with Crippen LogP contribution in [-0.4, -0.2) is 37.4 Å². The standard InChI is InChI=1S/C13H18N2O3S2/c1-8-6-10(12(16)17-2)11(20-8)15-13(19)14-7-9-4-3-5-18-9/h6,9H,3-5,7H2,1-2H3,(H2,14,15,19)/t9-/m0/s1. The van der Waals surface area contributed by atoms with Gasteiger partial charge in [-0.3, -0.25) is 0 Å². The first-order valence-corrected chi connectivity index (χ1v) is 7.68. The van der Waals surface area contributed by atoms with Crippen LogP contribution in [0, 0.1) is 6.92 Å². The Kier molecular flexibility index (Phi) is 5.33. The summed E-state index contributed by atoms with van der Waals surface area (Å²) < 4.78 is 10.3. The van der Waals surface area contributed by atoms with Gasteiger partial charge in [0.25, 0.3) is 0 Å². The lowest BCUT2D eigenvalue weighted by atomic mass is 10.2. The quantitative estimate of drug-likeness (QED) is 0.657. The topological polar surface area (TPSA) is 59.6 Å². The molecule has 0 bridgehead atoms. The lowest BCUT2D eigenvalue weighted by Gasteiger charge is -2.13. The normalized spacial score (nSPS) is 17.8. The molecule has 0 aromatic carbocycles. The molecule has 1 atom stereocenters. The van der Waals surface area contributed by atoms with Gasteiger partial charge in [0.1, 0.15) is 5.00 Å². The highest BCUT2D eigenvalue weighted by atomic mass is 32.1. The van der Waals surface area contributed by atoms with E-state index >= 15 is 0 Å². The van der Waals surface area contributed by atoms with Crippen molar-refractivity contribution in [3.8, 4) is 0 Å². The number of rotatable bonds is 4. The fraction of sp³-hybridized carbons (Fsp3) is 0.538. The van der Waals surface area contributed by atoms with E-state index in [-0.39, 0.29) is 12.1 Å². The number of carbonyl (C=O) groups is 1. The third-order valence-electron chi connectivity index (χ3n) is 3.00. The fourth-order valence-corrected chi connectivity index (χ4v) is 3.18.